The Morgan fingerprint density at radius 2 is 2.26 bits per heavy atom. The fourth-order valence-corrected chi connectivity index (χ4v) is 2.07. The van der Waals surface area contributed by atoms with Crippen molar-refractivity contribution < 1.29 is 19.1 Å². The smallest absolute Gasteiger partial charge is 0.325 e. The molecule has 1 unspecified atom stereocenters. The van der Waals surface area contributed by atoms with Gasteiger partial charge < -0.3 is 14.4 Å². The number of ether oxygens (including phenoxy) is 2. The fourth-order valence-electron chi connectivity index (χ4n) is 2.07. The van der Waals surface area contributed by atoms with E-state index in [0.717, 1.165) is 25.9 Å². The Hall–Kier alpha value is -1.36. The largest absolute Gasteiger partial charge is 0.465 e. The van der Waals surface area contributed by atoms with Crippen molar-refractivity contribution in [1.29, 1.82) is 0 Å². The number of hydrogen-bond acceptors (Lipinski definition) is 4. The van der Waals surface area contributed by atoms with Crippen molar-refractivity contribution in [2.75, 3.05) is 26.3 Å². The average Bonchev–Trinajstić information content (AvgIpc) is 2.39. The summed E-state index contributed by atoms with van der Waals surface area (Å²) in [4.78, 5) is 25.0. The summed E-state index contributed by atoms with van der Waals surface area (Å²) in [6.45, 7) is 6.72. The summed E-state index contributed by atoms with van der Waals surface area (Å²) in [6, 6.07) is 0. The number of esters is 1. The van der Waals surface area contributed by atoms with Crippen LogP contribution < -0.4 is 0 Å². The van der Waals surface area contributed by atoms with E-state index in [1.165, 1.54) is 4.90 Å². The highest BCUT2D eigenvalue weighted by molar-refractivity contribution is 5.82. The van der Waals surface area contributed by atoms with Gasteiger partial charge in [0.15, 0.2) is 0 Å². The molecule has 0 saturated carbocycles. The van der Waals surface area contributed by atoms with Crippen molar-refractivity contribution in [3.8, 4) is 0 Å². The molecule has 0 spiro atoms. The molecule has 1 aliphatic rings. The molecule has 0 aromatic heterocycles. The lowest BCUT2D eigenvalue weighted by Crippen LogP contribution is -2.39. The van der Waals surface area contributed by atoms with E-state index in [1.54, 1.807) is 13.0 Å². The third-order valence-electron chi connectivity index (χ3n) is 3.00. The van der Waals surface area contributed by atoms with E-state index >= 15 is 0 Å². The van der Waals surface area contributed by atoms with E-state index in [1.807, 2.05) is 0 Å². The van der Waals surface area contributed by atoms with Crippen LogP contribution in [0.1, 0.15) is 32.6 Å². The molecule has 0 radical (unpaired) electrons. The normalized spacial score (nSPS) is 18.7. The summed E-state index contributed by atoms with van der Waals surface area (Å²) in [7, 11) is 0. The minimum atomic E-state index is -0.387. The van der Waals surface area contributed by atoms with Gasteiger partial charge in [-0.15, -0.1) is 6.58 Å². The highest BCUT2D eigenvalue weighted by atomic mass is 16.5. The molecule has 5 heteroatoms. The van der Waals surface area contributed by atoms with Gasteiger partial charge in [0, 0.05) is 13.2 Å². The number of hydrogen-bond donors (Lipinski definition) is 0. The summed E-state index contributed by atoms with van der Waals surface area (Å²) in [5, 5.41) is 0. The molecule has 1 amide bonds. The Kier molecular flexibility index (Phi) is 7.18. The number of rotatable bonds is 7. The SMILES string of the molecule is C=CCN(CC(=O)OCC)C(=O)CC1CCCCO1. The minimum absolute atomic E-state index is 0.0178. The van der Waals surface area contributed by atoms with Crippen LogP contribution in [0, 0.1) is 0 Å². The van der Waals surface area contributed by atoms with Crippen LogP contribution in [-0.4, -0.2) is 49.2 Å². The monoisotopic (exact) mass is 269 g/mol. The molecular weight excluding hydrogens is 246 g/mol. The topological polar surface area (TPSA) is 55.8 Å². The van der Waals surface area contributed by atoms with Crippen molar-refractivity contribution in [3.63, 3.8) is 0 Å². The second-order valence-electron chi connectivity index (χ2n) is 4.56. The molecule has 1 rings (SSSR count). The van der Waals surface area contributed by atoms with Crippen molar-refractivity contribution >= 4 is 11.9 Å². The van der Waals surface area contributed by atoms with Gasteiger partial charge in [-0.2, -0.15) is 0 Å². The summed E-state index contributed by atoms with van der Waals surface area (Å²) >= 11 is 0. The molecule has 0 N–H and O–H groups in total. The zero-order valence-corrected chi connectivity index (χ0v) is 11.6. The molecule has 1 saturated heterocycles. The van der Waals surface area contributed by atoms with Crippen LogP contribution in [0.4, 0.5) is 0 Å². The second-order valence-corrected chi connectivity index (χ2v) is 4.56. The first-order chi connectivity index (χ1) is 9.17. The van der Waals surface area contributed by atoms with Crippen molar-refractivity contribution in [2.24, 2.45) is 0 Å². The van der Waals surface area contributed by atoms with E-state index in [-0.39, 0.29) is 24.5 Å². The Morgan fingerprint density at radius 1 is 1.47 bits per heavy atom. The Bertz CT molecular complexity index is 311. The predicted molar refractivity (Wildman–Crippen MR) is 71.6 cm³/mol. The van der Waals surface area contributed by atoms with Gasteiger partial charge in [-0.3, -0.25) is 9.59 Å². The molecular formula is C14H23NO4. The van der Waals surface area contributed by atoms with Crippen LogP contribution in [-0.2, 0) is 19.1 Å². The zero-order chi connectivity index (χ0) is 14.1. The standard InChI is InChI=1S/C14H23NO4/c1-3-8-15(11-14(17)18-4-2)13(16)10-12-7-5-6-9-19-12/h3,12H,1,4-11H2,2H3. The van der Waals surface area contributed by atoms with Crippen LogP contribution in [0.25, 0.3) is 0 Å². The molecule has 108 valence electrons. The van der Waals surface area contributed by atoms with E-state index < -0.39 is 0 Å². The van der Waals surface area contributed by atoms with E-state index in [0.29, 0.717) is 19.6 Å². The van der Waals surface area contributed by atoms with Crippen LogP contribution >= 0.6 is 0 Å². The molecule has 1 fully saturated rings. The van der Waals surface area contributed by atoms with Gasteiger partial charge in [0.25, 0.3) is 0 Å². The van der Waals surface area contributed by atoms with Crippen LogP contribution in [0.3, 0.4) is 0 Å². The second kappa shape index (κ2) is 8.69. The lowest BCUT2D eigenvalue weighted by molar-refractivity contribution is -0.149. The number of nitrogens with zero attached hydrogens (tertiary/aromatic N) is 1. The van der Waals surface area contributed by atoms with Gasteiger partial charge in [-0.1, -0.05) is 6.08 Å². The number of amides is 1. The maximum atomic E-state index is 12.1. The highest BCUT2D eigenvalue weighted by Crippen LogP contribution is 2.16. The van der Waals surface area contributed by atoms with Gasteiger partial charge in [-0.25, -0.2) is 0 Å². The third-order valence-corrected chi connectivity index (χ3v) is 3.00. The van der Waals surface area contributed by atoms with Crippen LogP contribution in [0.15, 0.2) is 12.7 Å². The van der Waals surface area contributed by atoms with Crippen LogP contribution in [0.2, 0.25) is 0 Å². The van der Waals surface area contributed by atoms with E-state index in [4.69, 9.17) is 9.47 Å². The number of carbonyl (C=O) groups is 2. The summed E-state index contributed by atoms with van der Waals surface area (Å²) in [5.41, 5.74) is 0. The number of carbonyl (C=O) groups excluding carboxylic acids is 2. The first kappa shape index (κ1) is 15.7. The molecule has 5 nitrogen and oxygen atoms in total. The molecule has 0 bridgehead atoms. The molecule has 1 atom stereocenters. The van der Waals surface area contributed by atoms with Gasteiger partial charge in [0.2, 0.25) is 5.91 Å². The summed E-state index contributed by atoms with van der Waals surface area (Å²) < 4.78 is 10.4. The highest BCUT2D eigenvalue weighted by Gasteiger charge is 2.22. The molecule has 0 aliphatic carbocycles. The molecule has 0 aromatic carbocycles. The average molecular weight is 269 g/mol. The lowest BCUT2D eigenvalue weighted by atomic mass is 10.1. The molecule has 19 heavy (non-hydrogen) atoms. The fraction of sp³-hybridized carbons (Fsp3) is 0.714. The Balaban J connectivity index is 2.46. The lowest BCUT2D eigenvalue weighted by Gasteiger charge is -2.26. The van der Waals surface area contributed by atoms with Crippen LogP contribution in [0.5, 0.6) is 0 Å². The summed E-state index contributed by atoms with van der Waals surface area (Å²) in [6.07, 6.45) is 4.98. The van der Waals surface area contributed by atoms with Gasteiger partial charge in [0.05, 0.1) is 19.1 Å². The van der Waals surface area contributed by atoms with Gasteiger partial charge >= 0.3 is 5.97 Å². The molecule has 1 heterocycles. The zero-order valence-electron chi connectivity index (χ0n) is 11.6. The molecule has 0 aromatic rings. The maximum Gasteiger partial charge on any atom is 0.325 e. The van der Waals surface area contributed by atoms with E-state index in [9.17, 15) is 9.59 Å². The first-order valence-electron chi connectivity index (χ1n) is 6.83. The minimum Gasteiger partial charge on any atom is -0.465 e. The first-order valence-corrected chi connectivity index (χ1v) is 6.83. The van der Waals surface area contributed by atoms with Gasteiger partial charge in [-0.05, 0) is 26.2 Å². The molecule has 1 aliphatic heterocycles. The Morgan fingerprint density at radius 3 is 2.84 bits per heavy atom. The van der Waals surface area contributed by atoms with E-state index in [2.05, 4.69) is 6.58 Å². The quantitative estimate of drug-likeness (QED) is 0.519. The van der Waals surface area contributed by atoms with Gasteiger partial charge in [0.1, 0.15) is 6.54 Å². The summed E-state index contributed by atoms with van der Waals surface area (Å²) in [5.74, 6) is -0.470. The predicted octanol–water partition coefficient (Wildman–Crippen LogP) is 1.52. The van der Waals surface area contributed by atoms with Crippen molar-refractivity contribution in [2.45, 2.75) is 38.7 Å². The third kappa shape index (κ3) is 5.87. The van der Waals surface area contributed by atoms with Crippen molar-refractivity contribution in [1.82, 2.24) is 4.90 Å². The Labute approximate surface area is 114 Å². The maximum absolute atomic E-state index is 12.1. The van der Waals surface area contributed by atoms with Crippen molar-refractivity contribution in [3.05, 3.63) is 12.7 Å².